The molecule has 52 valence electrons. The van der Waals surface area contributed by atoms with Crippen molar-refractivity contribution in [1.29, 1.82) is 0 Å². The normalized spacial score (nSPS) is 11.6. The second kappa shape index (κ2) is 4.63. The van der Waals surface area contributed by atoms with Crippen LogP contribution in [0.3, 0.4) is 0 Å². The highest BCUT2D eigenvalue weighted by Gasteiger charge is 2.07. The van der Waals surface area contributed by atoms with E-state index in [4.69, 9.17) is 0 Å². The monoisotopic (exact) mass is 166 g/mol. The number of nitro groups is 1. The molecule has 0 aliphatic rings. The summed E-state index contributed by atoms with van der Waals surface area (Å²) in [6.45, 7) is 0. The predicted molar refractivity (Wildman–Crippen MR) is 41.5 cm³/mol. The minimum atomic E-state index is -0.473. The summed E-state index contributed by atoms with van der Waals surface area (Å²) in [6, 6.07) is 0. The van der Waals surface area contributed by atoms with E-state index in [9.17, 15) is 10.1 Å². The maximum absolute atomic E-state index is 9.80. The number of hydrogen-bond acceptors (Lipinski definition) is 5. The molecule has 0 heterocycles. The van der Waals surface area contributed by atoms with Crippen molar-refractivity contribution in [2.75, 3.05) is 13.3 Å². The Balaban J connectivity index is 3.71. The van der Waals surface area contributed by atoms with Gasteiger partial charge in [-0.2, -0.15) is 0 Å². The smallest absolute Gasteiger partial charge is 0.270 e. The maximum atomic E-state index is 9.80. The summed E-state index contributed by atoms with van der Waals surface area (Å²) < 4.78 is -0.00116. The molecule has 0 N–H and O–H groups in total. The van der Waals surface area contributed by atoms with Gasteiger partial charge in [-0.15, -0.1) is 0 Å². The van der Waals surface area contributed by atoms with Gasteiger partial charge >= 0.3 is 0 Å². The summed E-state index contributed by atoms with van der Waals surface area (Å²) in [7, 11) is 1.53. The number of rotatable bonds is 1. The third-order valence-electron chi connectivity index (χ3n) is 0.510. The van der Waals surface area contributed by atoms with Gasteiger partial charge in [-0.05, 0) is 6.26 Å². The lowest BCUT2D eigenvalue weighted by Gasteiger charge is -1.88. The largest absolute Gasteiger partial charge is 0.292 e. The average molecular weight is 166 g/mol. The minimum Gasteiger partial charge on any atom is -0.270 e. The fourth-order valence-corrected chi connectivity index (χ4v) is 1.11. The van der Waals surface area contributed by atoms with Crippen LogP contribution in [0.4, 0.5) is 0 Å². The summed E-state index contributed by atoms with van der Waals surface area (Å²) in [6.07, 6.45) is 1.75. The van der Waals surface area contributed by atoms with E-state index in [0.29, 0.717) is 16.3 Å². The summed E-state index contributed by atoms with van der Waals surface area (Å²) >= 11 is 1.80. The maximum Gasteiger partial charge on any atom is 0.292 e. The lowest BCUT2D eigenvalue weighted by atomic mass is 11.4. The van der Waals surface area contributed by atoms with Gasteiger partial charge in [0.1, 0.15) is 4.33 Å². The number of hydrogen-bond donors (Lipinski definition) is 0. The topological polar surface area (TPSA) is 55.5 Å². The SMILES string of the molecule is CN=C(SC)S[N+](=O)[O-]. The molecule has 6 heteroatoms. The average Bonchev–Trinajstić information content (AvgIpc) is 1.82. The molecule has 0 rings (SSSR count). The Hall–Kier alpha value is -0.230. The van der Waals surface area contributed by atoms with Crippen molar-refractivity contribution in [2.45, 2.75) is 0 Å². The summed E-state index contributed by atoms with van der Waals surface area (Å²) in [5, 5.41) is 9.80. The van der Waals surface area contributed by atoms with Gasteiger partial charge in [0, 0.05) is 7.05 Å². The van der Waals surface area contributed by atoms with E-state index in [-0.39, 0.29) is 0 Å². The Kier molecular flexibility index (Phi) is 4.51. The number of thioether (sulfide) groups is 1. The Bertz CT molecular complexity index is 136. The highest BCUT2D eigenvalue weighted by Crippen LogP contribution is 2.13. The molecule has 0 amide bonds. The Labute approximate surface area is 61.4 Å². The highest BCUT2D eigenvalue weighted by atomic mass is 32.2. The van der Waals surface area contributed by atoms with Crippen LogP contribution >= 0.6 is 23.7 Å². The fraction of sp³-hybridized carbons (Fsp3) is 0.667. The number of aliphatic imine (C=N–C) groups is 1. The van der Waals surface area contributed by atoms with Crippen molar-refractivity contribution < 1.29 is 4.33 Å². The van der Waals surface area contributed by atoms with Crippen LogP contribution in [0.25, 0.3) is 0 Å². The zero-order valence-corrected chi connectivity index (χ0v) is 6.66. The molecular formula is C3H6N2O2S2. The van der Waals surface area contributed by atoms with Crippen LogP contribution in [0.5, 0.6) is 0 Å². The first-order valence-corrected chi connectivity index (χ1v) is 4.03. The number of nitrogens with zero attached hydrogens (tertiary/aromatic N) is 2. The molecule has 0 aliphatic carbocycles. The van der Waals surface area contributed by atoms with Gasteiger partial charge in [0.05, 0.1) is 0 Å². The van der Waals surface area contributed by atoms with Crippen molar-refractivity contribution in [3.63, 3.8) is 0 Å². The van der Waals surface area contributed by atoms with E-state index in [0.717, 1.165) is 0 Å². The van der Waals surface area contributed by atoms with Crippen LogP contribution in [0, 0.1) is 10.1 Å². The predicted octanol–water partition coefficient (Wildman–Crippen LogP) is 1.26. The van der Waals surface area contributed by atoms with Gasteiger partial charge in [-0.1, -0.05) is 11.8 Å². The molecule has 0 aromatic carbocycles. The molecule has 9 heavy (non-hydrogen) atoms. The van der Waals surface area contributed by atoms with E-state index >= 15 is 0 Å². The molecule has 0 saturated carbocycles. The van der Waals surface area contributed by atoms with Gasteiger partial charge in [-0.3, -0.25) is 15.1 Å². The summed E-state index contributed by atoms with van der Waals surface area (Å²) in [5.74, 6) is 0. The molecular weight excluding hydrogens is 160 g/mol. The zero-order chi connectivity index (χ0) is 7.28. The Morgan fingerprint density at radius 1 is 1.78 bits per heavy atom. The summed E-state index contributed by atoms with van der Waals surface area (Å²) in [5.41, 5.74) is 0. The fourth-order valence-electron chi connectivity index (χ4n) is 0.233. The summed E-state index contributed by atoms with van der Waals surface area (Å²) in [4.78, 5) is 13.4. The first kappa shape index (κ1) is 8.77. The van der Waals surface area contributed by atoms with Gasteiger partial charge in [0.2, 0.25) is 0 Å². The quantitative estimate of drug-likeness (QED) is 0.193. The third-order valence-corrected chi connectivity index (χ3v) is 2.25. The van der Waals surface area contributed by atoms with E-state index in [1.54, 1.807) is 6.26 Å². The molecule has 0 unspecified atom stereocenters. The van der Waals surface area contributed by atoms with Crippen molar-refractivity contribution in [3.05, 3.63) is 10.1 Å². The molecule has 0 fully saturated rings. The molecule has 0 atom stereocenters. The van der Waals surface area contributed by atoms with Gasteiger partial charge in [-0.25, -0.2) is 0 Å². The third kappa shape index (κ3) is 4.28. The van der Waals surface area contributed by atoms with Crippen molar-refractivity contribution in [2.24, 2.45) is 4.99 Å². The van der Waals surface area contributed by atoms with Crippen LogP contribution in [-0.2, 0) is 0 Å². The Morgan fingerprint density at radius 3 is 2.44 bits per heavy atom. The van der Waals surface area contributed by atoms with Crippen LogP contribution in [0.2, 0.25) is 0 Å². The first-order chi connectivity index (χ1) is 4.20. The Morgan fingerprint density at radius 2 is 2.33 bits per heavy atom. The van der Waals surface area contributed by atoms with Crippen LogP contribution in [-0.4, -0.2) is 22.0 Å². The molecule has 0 aliphatic heterocycles. The highest BCUT2D eigenvalue weighted by molar-refractivity contribution is 8.36. The van der Waals surface area contributed by atoms with E-state index in [1.807, 2.05) is 0 Å². The molecule has 0 aromatic rings. The molecule has 4 nitrogen and oxygen atoms in total. The van der Waals surface area contributed by atoms with E-state index in [1.165, 1.54) is 18.8 Å². The molecule has 0 spiro atoms. The van der Waals surface area contributed by atoms with E-state index in [2.05, 4.69) is 4.99 Å². The van der Waals surface area contributed by atoms with Gasteiger partial charge in [0.25, 0.3) is 11.9 Å². The molecule has 0 radical (unpaired) electrons. The lowest BCUT2D eigenvalue weighted by molar-refractivity contribution is -0.281. The second-order valence-electron chi connectivity index (χ2n) is 1.01. The zero-order valence-electron chi connectivity index (χ0n) is 5.03. The van der Waals surface area contributed by atoms with E-state index < -0.39 is 4.33 Å². The van der Waals surface area contributed by atoms with Crippen LogP contribution in [0.1, 0.15) is 0 Å². The van der Waals surface area contributed by atoms with Gasteiger partial charge in [0.15, 0.2) is 4.38 Å². The first-order valence-electron chi connectivity index (χ1n) is 2.04. The molecule has 0 aromatic heterocycles. The van der Waals surface area contributed by atoms with Crippen LogP contribution < -0.4 is 0 Å². The standard InChI is InChI=1S/C3H6N2O2S2/c1-4-3(8-2)9-5(6)7/h1-2H3. The molecule has 0 saturated heterocycles. The second-order valence-corrected chi connectivity index (χ2v) is 2.93. The molecule has 0 bridgehead atoms. The van der Waals surface area contributed by atoms with Crippen molar-refractivity contribution in [3.8, 4) is 0 Å². The minimum absolute atomic E-state index is 0.472. The van der Waals surface area contributed by atoms with Crippen molar-refractivity contribution in [1.82, 2.24) is 0 Å². The lowest BCUT2D eigenvalue weighted by Crippen LogP contribution is -1.90. The van der Waals surface area contributed by atoms with Crippen molar-refractivity contribution >= 4 is 28.1 Å². The van der Waals surface area contributed by atoms with Gasteiger partial charge < -0.3 is 0 Å². The van der Waals surface area contributed by atoms with Crippen LogP contribution in [0.15, 0.2) is 4.99 Å².